The number of benzene rings is 5. The first-order valence-corrected chi connectivity index (χ1v) is 21.5. The van der Waals surface area contributed by atoms with E-state index < -0.39 is 4.92 Å². The zero-order chi connectivity index (χ0) is 42.6. The van der Waals surface area contributed by atoms with E-state index in [4.69, 9.17) is 19.1 Å². The molecule has 59 heavy (non-hydrogen) atoms. The third-order valence-electron chi connectivity index (χ3n) is 6.44. The van der Waals surface area contributed by atoms with Crippen molar-refractivity contribution in [2.75, 3.05) is 5.75 Å². The molecular weight excluding hydrogens is 1280 g/mol. The first-order valence-electron chi connectivity index (χ1n) is 16.2. The Labute approximate surface area is 531 Å². The van der Waals surface area contributed by atoms with Gasteiger partial charge in [0.1, 0.15) is 0 Å². The Hall–Kier alpha value is 2.08. The van der Waals surface area contributed by atoms with Crippen molar-refractivity contribution in [3.05, 3.63) is 174 Å². The van der Waals surface area contributed by atoms with Crippen molar-refractivity contribution in [3.8, 4) is 5.75 Å². The van der Waals surface area contributed by atoms with E-state index in [1.807, 2.05) is 50.2 Å². The maximum Gasteiger partial charge on any atom is 1.00 e. The average molecular weight is 1320 g/mol. The van der Waals surface area contributed by atoms with Gasteiger partial charge in [-0.15, -0.1) is 0 Å². The molecule has 0 unspecified atom stereocenters. The van der Waals surface area contributed by atoms with E-state index in [2.05, 4.69) is 176 Å². The summed E-state index contributed by atoms with van der Waals surface area (Å²) in [5, 5.41) is 23.6. The number of nitro benzene ring substituents is 1. The topological polar surface area (TPSA) is 143 Å². The van der Waals surface area contributed by atoms with Crippen LogP contribution in [0.15, 0.2) is 130 Å². The van der Waals surface area contributed by atoms with Crippen molar-refractivity contribution in [2.24, 2.45) is 0 Å². The van der Waals surface area contributed by atoms with Gasteiger partial charge in [0.15, 0.2) is 12.5 Å². The fourth-order valence-corrected chi connectivity index (χ4v) is 4.73. The van der Waals surface area contributed by atoms with Crippen LogP contribution in [0.5, 0.6) is 5.75 Å². The molecule has 0 aromatic heterocycles. The van der Waals surface area contributed by atoms with E-state index in [0.717, 1.165) is 38.7 Å². The van der Waals surface area contributed by atoms with Gasteiger partial charge < -0.3 is 32.9 Å². The molecule has 5 aromatic carbocycles. The van der Waals surface area contributed by atoms with E-state index in [1.54, 1.807) is 18.2 Å². The summed E-state index contributed by atoms with van der Waals surface area (Å²) in [7, 11) is 2.56. The van der Waals surface area contributed by atoms with Crippen LogP contribution in [0, 0.1) is 24.0 Å². The molecule has 2 N–H and O–H groups in total. The van der Waals surface area contributed by atoms with Gasteiger partial charge in [0.2, 0.25) is 5.75 Å². The fraction of sp³-hybridized carbons (Fsp3) is 0.205. The van der Waals surface area contributed by atoms with Gasteiger partial charge in [-0.3, -0.25) is 14.9 Å². The summed E-state index contributed by atoms with van der Waals surface area (Å²) in [6.07, 6.45) is 0. The van der Waals surface area contributed by atoms with Gasteiger partial charge in [-0.05, 0) is 74.4 Å². The van der Waals surface area contributed by atoms with E-state index >= 15 is 0 Å². The van der Waals surface area contributed by atoms with Crippen LogP contribution < -0.4 is 119 Å². The van der Waals surface area contributed by atoms with E-state index in [0.29, 0.717) is 6.54 Å². The van der Waals surface area contributed by atoms with Crippen LogP contribution in [0.4, 0.5) is 5.69 Å². The molecule has 20 heteroatoms. The number of hydrogen-bond donors (Lipinski definition) is 2. The molecule has 0 saturated carbocycles. The summed E-state index contributed by atoms with van der Waals surface area (Å²) in [6, 6.07) is 39.5. The van der Waals surface area contributed by atoms with E-state index in [1.165, 1.54) is 33.9 Å². The molecule has 0 aliphatic carbocycles. The molecule has 0 amide bonds. The average Bonchev–Trinajstić information content (AvgIpc) is 3.23. The Balaban J connectivity index is -0.000000222. The number of aryl methyl sites for hydroxylation is 2. The summed E-state index contributed by atoms with van der Waals surface area (Å²) in [4.78, 5) is 26.8. The Bertz CT molecular complexity index is 1710. The molecule has 303 valence electrons. The van der Waals surface area contributed by atoms with Gasteiger partial charge in [0, 0.05) is 102 Å². The van der Waals surface area contributed by atoms with Crippen molar-refractivity contribution in [1.29, 1.82) is 0 Å². The van der Waals surface area contributed by atoms with Gasteiger partial charge in [-0.2, -0.15) is 15.4 Å². The second-order valence-electron chi connectivity index (χ2n) is 10.6. The summed E-state index contributed by atoms with van der Waals surface area (Å²) in [5.74, 6) is 1.04. The molecule has 0 heterocycles. The quantitative estimate of drug-likeness (QED) is 0.0293. The zero-order valence-electron chi connectivity index (χ0n) is 33.8. The monoisotopic (exact) mass is 1320 g/mol. The predicted octanol–water partition coefficient (Wildman–Crippen LogP) is 3.25. The Morgan fingerprint density at radius 2 is 1.08 bits per heavy atom. The van der Waals surface area contributed by atoms with Crippen LogP contribution >= 0.6 is 55.8 Å². The van der Waals surface area contributed by atoms with Crippen LogP contribution in [0.1, 0.15) is 40.3 Å². The molecule has 0 aliphatic heterocycles. The number of halogens is 3. The van der Waals surface area contributed by atoms with Crippen molar-refractivity contribution < 1.29 is 127 Å². The Morgan fingerprint density at radius 1 is 0.746 bits per heavy atom. The second kappa shape index (κ2) is 49.5. The minimum absolute atomic E-state index is 0. The van der Waals surface area contributed by atoms with Crippen molar-refractivity contribution in [3.63, 3.8) is 0 Å². The molecule has 10 nitrogen and oxygen atoms in total. The molecule has 0 spiro atoms. The standard InChI is InChI=1S/C15H16BrN.C14H14N2O3.C7H6Br2.C2H6S.CH2O3.2Cs.Na.OS.HPS/c1-12-2-4-13(5-3-12)10-17-11-14-6-8-15(16)9-7-14;1-11-6-8-12(9-7-11)10-15-19-14-5-3-2-4-13(14)16(17)18;8-5-6-1-3-7(9)4-2-6;1-2-3;2-1-4-3;;;;2*1-2/h2-9,17H,10-11H2,1H3;2-9,15H,10H2,1H3;1-4H,5H2;3H,2H2,1H3;1,3H;;;;;1H/q;;;;;;2*+1;;/p-2. The third-order valence-corrected chi connectivity index (χ3v) is 8.14. The van der Waals surface area contributed by atoms with Crippen LogP contribution in [0.2, 0.25) is 0 Å². The van der Waals surface area contributed by atoms with Crippen LogP contribution in [-0.4, -0.2) is 90.3 Å². The molecule has 0 atom stereocenters. The first kappa shape index (κ1) is 70.1. The zero-order valence-corrected chi connectivity index (χ0v) is 56.6. The number of rotatable bonds is 11. The molecule has 0 aliphatic rings. The van der Waals surface area contributed by atoms with E-state index in [-0.39, 0.29) is 185 Å². The normalized spacial score (nSPS) is 8.54. The van der Waals surface area contributed by atoms with E-state index in [9.17, 15) is 10.1 Å². The van der Waals surface area contributed by atoms with Crippen molar-refractivity contribution in [2.45, 2.75) is 45.7 Å². The maximum atomic E-state index is 10.8. The van der Waals surface area contributed by atoms with Crippen molar-refractivity contribution in [1.82, 2.24) is 10.8 Å². The number of nitrogens with one attached hydrogen (secondary N) is 2. The smallest absolute Gasteiger partial charge is 0.793 e. The summed E-state index contributed by atoms with van der Waals surface area (Å²) >= 11 is 21.3. The number of carbonyl (C=O) groups is 1. The molecule has 5 rings (SSSR count). The molecule has 1 radical (unpaired) electrons. The second-order valence-corrected chi connectivity index (χ2v) is 13.6. The maximum absolute atomic E-state index is 10.8. The first-order chi connectivity index (χ1) is 27.1. The number of para-hydroxylation sites is 2. The minimum Gasteiger partial charge on any atom is -0.793 e. The van der Waals surface area contributed by atoms with Crippen molar-refractivity contribution >= 4 is 174 Å². The number of nitro groups is 1. The number of hydrogen-bond acceptors (Lipinski definition) is 12. The number of alkyl halides is 1. The molecule has 0 bridgehead atoms. The van der Waals surface area contributed by atoms with Gasteiger partial charge in [-0.25, -0.2) is 0 Å². The summed E-state index contributed by atoms with van der Waals surface area (Å²) < 4.78 is 10.1. The molecular formula is C39H43Br3Cs2N3NaO7PS3. The predicted molar refractivity (Wildman–Crippen MR) is 249 cm³/mol. The van der Waals surface area contributed by atoms with Gasteiger partial charge >= 0.3 is 104 Å². The minimum atomic E-state index is -0.469. The molecule has 0 saturated heterocycles. The van der Waals surface area contributed by atoms with Gasteiger partial charge in [0.25, 0.3) is 6.47 Å². The Kier molecular flexibility index (Phi) is 58.8. The summed E-state index contributed by atoms with van der Waals surface area (Å²) in [6.45, 7) is 8.18. The largest absolute Gasteiger partial charge is 1.00 e. The molecule has 5 aromatic rings. The van der Waals surface area contributed by atoms with Crippen LogP contribution in [-0.2, 0) is 71.6 Å². The third kappa shape index (κ3) is 39.0. The Morgan fingerprint density at radius 3 is 1.44 bits per heavy atom. The van der Waals surface area contributed by atoms with Crippen LogP contribution in [0.3, 0.4) is 0 Å². The van der Waals surface area contributed by atoms with Crippen LogP contribution in [0.25, 0.3) is 0 Å². The SMILES string of the molecule is BrCc1ccc(Br)cc1.CC[S-].Cc1ccc(CNCc2ccc(Br)cc2)cc1.Cc1ccc(CNOc2ccccc2[N+](=O)[O-])cc1.O=CO[O-].O=S.P=S.[Cs+].[Cs].[Na+]. The number of carbonyl (C=O) groups excluding carboxylic acids is 1. The van der Waals surface area contributed by atoms with Gasteiger partial charge in [0.05, 0.1) is 11.5 Å². The number of nitrogens with zero attached hydrogens (tertiary/aromatic N) is 1. The summed E-state index contributed by atoms with van der Waals surface area (Å²) in [5.41, 5.74) is 10.1. The van der Waals surface area contributed by atoms with Gasteiger partial charge in [-0.1, -0.05) is 163 Å². The number of hydroxylamine groups is 1. The molecule has 0 fully saturated rings. The fourth-order valence-electron chi connectivity index (χ4n) is 3.83.